The first kappa shape index (κ1) is 15.4. The number of rotatable bonds is 1. The van der Waals surface area contributed by atoms with Gasteiger partial charge in [-0.1, -0.05) is 0 Å². The van der Waals surface area contributed by atoms with E-state index in [9.17, 15) is 9.90 Å². The van der Waals surface area contributed by atoms with Gasteiger partial charge in [-0.3, -0.25) is 9.69 Å². The fraction of sp³-hybridized carbons (Fsp3) is 0.929. The van der Waals surface area contributed by atoms with Gasteiger partial charge >= 0.3 is 0 Å². The SMILES string of the molecule is C[C@@H]1CN(C(C)(C)C)C[C@H](C)N1C(=O)C(C)(C)O. The minimum atomic E-state index is -1.29. The molecule has 0 aromatic carbocycles. The Balaban J connectivity index is 2.86. The third kappa shape index (κ3) is 3.23. The van der Waals surface area contributed by atoms with Gasteiger partial charge in [-0.25, -0.2) is 0 Å². The highest BCUT2D eigenvalue weighted by Crippen LogP contribution is 2.25. The molecule has 1 fully saturated rings. The maximum absolute atomic E-state index is 12.3. The van der Waals surface area contributed by atoms with E-state index >= 15 is 0 Å². The molecule has 0 aromatic heterocycles. The van der Waals surface area contributed by atoms with Crippen molar-refractivity contribution < 1.29 is 9.90 Å². The van der Waals surface area contributed by atoms with Crippen molar-refractivity contribution in [1.29, 1.82) is 0 Å². The van der Waals surface area contributed by atoms with Crippen LogP contribution in [0.25, 0.3) is 0 Å². The second kappa shape index (κ2) is 4.82. The van der Waals surface area contributed by atoms with E-state index in [-0.39, 0.29) is 23.5 Å². The van der Waals surface area contributed by atoms with E-state index in [2.05, 4.69) is 39.5 Å². The highest BCUT2D eigenvalue weighted by molar-refractivity contribution is 5.84. The Morgan fingerprint density at radius 2 is 1.44 bits per heavy atom. The number of hydrogen-bond acceptors (Lipinski definition) is 3. The summed E-state index contributed by atoms with van der Waals surface area (Å²) in [6.07, 6.45) is 0. The van der Waals surface area contributed by atoms with Crippen LogP contribution in [0, 0.1) is 0 Å². The van der Waals surface area contributed by atoms with E-state index < -0.39 is 5.60 Å². The first-order valence-electron chi connectivity index (χ1n) is 6.74. The van der Waals surface area contributed by atoms with Crippen LogP contribution in [0.15, 0.2) is 0 Å². The molecule has 4 heteroatoms. The predicted molar refractivity (Wildman–Crippen MR) is 73.4 cm³/mol. The predicted octanol–water partition coefficient (Wildman–Crippen LogP) is 1.48. The smallest absolute Gasteiger partial charge is 0.254 e. The second-order valence-electron chi connectivity index (χ2n) is 7.05. The van der Waals surface area contributed by atoms with Crippen molar-refractivity contribution in [1.82, 2.24) is 9.80 Å². The summed E-state index contributed by atoms with van der Waals surface area (Å²) >= 11 is 0. The molecular weight excluding hydrogens is 228 g/mol. The highest BCUT2D eigenvalue weighted by Gasteiger charge is 2.40. The Bertz CT molecular complexity index is 303. The van der Waals surface area contributed by atoms with E-state index in [1.807, 2.05) is 4.90 Å². The molecule has 1 saturated heterocycles. The maximum atomic E-state index is 12.3. The van der Waals surface area contributed by atoms with E-state index in [1.165, 1.54) is 0 Å². The topological polar surface area (TPSA) is 43.8 Å². The van der Waals surface area contributed by atoms with Crippen LogP contribution in [0.4, 0.5) is 0 Å². The van der Waals surface area contributed by atoms with Gasteiger partial charge in [0.25, 0.3) is 5.91 Å². The van der Waals surface area contributed by atoms with Crippen molar-refractivity contribution in [2.45, 2.75) is 71.7 Å². The van der Waals surface area contributed by atoms with Gasteiger partial charge in [-0.15, -0.1) is 0 Å². The number of carbonyl (C=O) groups excluding carboxylic acids is 1. The number of aliphatic hydroxyl groups is 1. The lowest BCUT2D eigenvalue weighted by Crippen LogP contribution is -2.64. The number of amides is 1. The van der Waals surface area contributed by atoms with Crippen LogP contribution in [0.3, 0.4) is 0 Å². The van der Waals surface area contributed by atoms with Gasteiger partial charge in [0.05, 0.1) is 0 Å². The van der Waals surface area contributed by atoms with Crippen molar-refractivity contribution in [2.24, 2.45) is 0 Å². The zero-order chi connectivity index (χ0) is 14.3. The lowest BCUT2D eigenvalue weighted by Gasteiger charge is -2.50. The number of hydrogen-bond donors (Lipinski definition) is 1. The number of carbonyl (C=O) groups is 1. The van der Waals surface area contributed by atoms with Crippen molar-refractivity contribution in [2.75, 3.05) is 13.1 Å². The molecule has 4 nitrogen and oxygen atoms in total. The molecule has 0 aliphatic carbocycles. The summed E-state index contributed by atoms with van der Waals surface area (Å²) in [6.45, 7) is 15.5. The number of nitrogens with zero attached hydrogens (tertiary/aromatic N) is 2. The normalized spacial score (nSPS) is 27.4. The summed E-state index contributed by atoms with van der Waals surface area (Å²) in [4.78, 5) is 16.5. The third-order valence-corrected chi connectivity index (χ3v) is 3.63. The summed E-state index contributed by atoms with van der Waals surface area (Å²) in [5, 5.41) is 9.89. The first-order chi connectivity index (χ1) is 7.94. The molecule has 0 bridgehead atoms. The monoisotopic (exact) mass is 256 g/mol. The molecule has 1 amide bonds. The van der Waals surface area contributed by atoms with Gasteiger partial charge in [0.15, 0.2) is 0 Å². The fourth-order valence-electron chi connectivity index (χ4n) is 2.59. The molecule has 1 N–H and O–H groups in total. The quantitative estimate of drug-likeness (QED) is 0.773. The lowest BCUT2D eigenvalue weighted by atomic mass is 9.97. The molecule has 1 rings (SSSR count). The molecule has 0 saturated carbocycles. The molecule has 1 heterocycles. The minimum absolute atomic E-state index is 0.117. The van der Waals surface area contributed by atoms with Crippen LogP contribution < -0.4 is 0 Å². The summed E-state index contributed by atoms with van der Waals surface area (Å²) in [6, 6.07) is 0.263. The van der Waals surface area contributed by atoms with Crippen molar-refractivity contribution in [3.8, 4) is 0 Å². The van der Waals surface area contributed by atoms with E-state index in [1.54, 1.807) is 13.8 Å². The van der Waals surface area contributed by atoms with E-state index in [4.69, 9.17) is 0 Å². The zero-order valence-corrected chi connectivity index (χ0v) is 12.8. The standard InChI is InChI=1S/C14H28N2O2/c1-10-8-15(13(3,4)5)9-11(2)16(10)12(17)14(6,7)18/h10-11,18H,8-9H2,1-7H3/t10-,11+. The summed E-state index contributed by atoms with van der Waals surface area (Å²) in [5.41, 5.74) is -1.17. The Kier molecular flexibility index (Phi) is 4.13. The molecule has 106 valence electrons. The molecule has 0 aromatic rings. The summed E-state index contributed by atoms with van der Waals surface area (Å²) in [5.74, 6) is -0.170. The van der Waals surface area contributed by atoms with Gasteiger partial charge in [-0.05, 0) is 48.5 Å². The average Bonchev–Trinajstić information content (AvgIpc) is 2.13. The minimum Gasteiger partial charge on any atom is -0.381 e. The molecular formula is C14H28N2O2. The zero-order valence-electron chi connectivity index (χ0n) is 12.8. The molecule has 0 unspecified atom stereocenters. The van der Waals surface area contributed by atoms with Crippen molar-refractivity contribution in [3.05, 3.63) is 0 Å². The van der Waals surface area contributed by atoms with Crippen molar-refractivity contribution >= 4 is 5.91 Å². The van der Waals surface area contributed by atoms with E-state index in [0.29, 0.717) is 0 Å². The Hall–Kier alpha value is -0.610. The summed E-state index contributed by atoms with van der Waals surface area (Å²) < 4.78 is 0. The van der Waals surface area contributed by atoms with Gasteiger partial charge in [-0.2, -0.15) is 0 Å². The largest absolute Gasteiger partial charge is 0.381 e. The molecule has 1 aliphatic rings. The van der Waals surface area contributed by atoms with Crippen LogP contribution >= 0.6 is 0 Å². The molecule has 2 atom stereocenters. The van der Waals surface area contributed by atoms with Gasteiger partial charge in [0, 0.05) is 30.7 Å². The second-order valence-corrected chi connectivity index (χ2v) is 7.05. The van der Waals surface area contributed by atoms with Crippen LogP contribution in [-0.2, 0) is 4.79 Å². The van der Waals surface area contributed by atoms with E-state index in [0.717, 1.165) is 13.1 Å². The van der Waals surface area contributed by atoms with Gasteiger partial charge < -0.3 is 10.0 Å². The van der Waals surface area contributed by atoms with Gasteiger partial charge in [0.1, 0.15) is 5.60 Å². The maximum Gasteiger partial charge on any atom is 0.254 e. The highest BCUT2D eigenvalue weighted by atomic mass is 16.3. The summed E-state index contributed by atoms with van der Waals surface area (Å²) in [7, 11) is 0. The van der Waals surface area contributed by atoms with Crippen molar-refractivity contribution in [3.63, 3.8) is 0 Å². The third-order valence-electron chi connectivity index (χ3n) is 3.63. The lowest BCUT2D eigenvalue weighted by molar-refractivity contribution is -0.157. The molecule has 0 radical (unpaired) electrons. The Morgan fingerprint density at radius 1 is 1.06 bits per heavy atom. The first-order valence-corrected chi connectivity index (χ1v) is 6.74. The Labute approximate surface area is 111 Å². The Morgan fingerprint density at radius 3 is 1.72 bits per heavy atom. The van der Waals surface area contributed by atoms with Crippen LogP contribution in [-0.4, -0.2) is 57.1 Å². The molecule has 18 heavy (non-hydrogen) atoms. The van der Waals surface area contributed by atoms with Gasteiger partial charge in [0.2, 0.25) is 0 Å². The molecule has 1 aliphatic heterocycles. The molecule has 0 spiro atoms. The number of piperazine rings is 1. The van der Waals surface area contributed by atoms with Crippen LogP contribution in [0.2, 0.25) is 0 Å². The van der Waals surface area contributed by atoms with Crippen LogP contribution in [0.5, 0.6) is 0 Å². The van der Waals surface area contributed by atoms with Crippen LogP contribution in [0.1, 0.15) is 48.5 Å². The average molecular weight is 256 g/mol. The fourth-order valence-corrected chi connectivity index (χ4v) is 2.59.